The SMILES string of the molecule is CC1(C)OCC(COCCCC2(CCCOCC3COC(C)(C)O3)c3ccccc3-c3ccccc32)O1. The first-order valence-electron chi connectivity index (χ1n) is 13.8. The fraction of sp³-hybridized carbons (Fsp3) is 0.613. The summed E-state index contributed by atoms with van der Waals surface area (Å²) in [6.07, 6.45) is 4.03. The van der Waals surface area contributed by atoms with Crippen molar-refractivity contribution in [1.29, 1.82) is 0 Å². The highest BCUT2D eigenvalue weighted by Crippen LogP contribution is 2.53. The molecule has 2 heterocycles. The van der Waals surface area contributed by atoms with Crippen LogP contribution in [0.25, 0.3) is 11.1 Å². The Hall–Kier alpha value is -1.80. The molecule has 6 heteroatoms. The molecule has 2 atom stereocenters. The van der Waals surface area contributed by atoms with Crippen LogP contribution in [0.5, 0.6) is 0 Å². The molecule has 5 rings (SSSR count). The zero-order chi connectivity index (χ0) is 25.9. The van der Waals surface area contributed by atoms with Crippen LogP contribution in [0.4, 0.5) is 0 Å². The summed E-state index contributed by atoms with van der Waals surface area (Å²) < 4.78 is 35.2. The van der Waals surface area contributed by atoms with E-state index in [1.165, 1.54) is 22.3 Å². The van der Waals surface area contributed by atoms with Gasteiger partial charge in [0.15, 0.2) is 11.6 Å². The van der Waals surface area contributed by atoms with E-state index >= 15 is 0 Å². The molecule has 6 nitrogen and oxygen atoms in total. The highest BCUT2D eigenvalue weighted by atomic mass is 16.8. The van der Waals surface area contributed by atoms with Gasteiger partial charge in [-0.3, -0.25) is 0 Å². The second-order valence-corrected chi connectivity index (χ2v) is 11.4. The van der Waals surface area contributed by atoms with Gasteiger partial charge in [-0.15, -0.1) is 0 Å². The standard InChI is InChI=1S/C31H42O6/c1-29(2)34-21-23(36-29)19-32-17-9-15-31(16-10-18-33-20-24-22-35-30(3,4)37-24)27-13-7-5-11-25(27)26-12-6-8-14-28(26)31/h5-8,11-14,23-24H,9-10,15-22H2,1-4H3. The van der Waals surface area contributed by atoms with E-state index < -0.39 is 11.6 Å². The van der Waals surface area contributed by atoms with Crippen LogP contribution in [0.2, 0.25) is 0 Å². The minimum Gasteiger partial charge on any atom is -0.379 e. The Labute approximate surface area is 221 Å². The maximum absolute atomic E-state index is 6.05. The van der Waals surface area contributed by atoms with Gasteiger partial charge < -0.3 is 28.4 Å². The predicted octanol–water partition coefficient (Wildman–Crippen LogP) is 5.85. The molecule has 3 aliphatic rings. The molecule has 0 bridgehead atoms. The van der Waals surface area contributed by atoms with Crippen molar-refractivity contribution in [3.05, 3.63) is 59.7 Å². The van der Waals surface area contributed by atoms with Gasteiger partial charge in [0.05, 0.1) is 26.4 Å². The molecule has 2 fully saturated rings. The molecule has 1 aliphatic carbocycles. The highest BCUT2D eigenvalue weighted by molar-refractivity contribution is 5.80. The van der Waals surface area contributed by atoms with Crippen molar-refractivity contribution in [2.45, 2.75) is 82.6 Å². The van der Waals surface area contributed by atoms with Crippen LogP contribution in [-0.4, -0.2) is 63.4 Å². The van der Waals surface area contributed by atoms with Gasteiger partial charge in [-0.1, -0.05) is 48.5 Å². The van der Waals surface area contributed by atoms with E-state index in [0.717, 1.165) is 25.7 Å². The number of benzene rings is 2. The van der Waals surface area contributed by atoms with Crippen molar-refractivity contribution in [2.24, 2.45) is 0 Å². The summed E-state index contributed by atoms with van der Waals surface area (Å²) in [5.74, 6) is -1.02. The monoisotopic (exact) mass is 510 g/mol. The number of ether oxygens (including phenoxy) is 6. The van der Waals surface area contributed by atoms with Crippen molar-refractivity contribution in [3.8, 4) is 11.1 Å². The number of fused-ring (bicyclic) bond motifs is 3. The fourth-order valence-electron chi connectivity index (χ4n) is 6.15. The zero-order valence-corrected chi connectivity index (χ0v) is 22.8. The van der Waals surface area contributed by atoms with Crippen LogP contribution < -0.4 is 0 Å². The first-order valence-corrected chi connectivity index (χ1v) is 13.8. The second-order valence-electron chi connectivity index (χ2n) is 11.4. The molecule has 0 saturated carbocycles. The smallest absolute Gasteiger partial charge is 0.163 e. The van der Waals surface area contributed by atoms with Gasteiger partial charge in [0.2, 0.25) is 0 Å². The maximum atomic E-state index is 6.05. The van der Waals surface area contributed by atoms with E-state index in [9.17, 15) is 0 Å². The summed E-state index contributed by atoms with van der Waals surface area (Å²) in [6.45, 7) is 11.5. The molecule has 0 N–H and O–H groups in total. The Balaban J connectivity index is 1.21. The normalized spacial score (nSPS) is 24.8. The number of hydrogen-bond acceptors (Lipinski definition) is 6. The van der Waals surface area contributed by atoms with Gasteiger partial charge in [-0.25, -0.2) is 0 Å². The van der Waals surface area contributed by atoms with Crippen LogP contribution >= 0.6 is 0 Å². The molecule has 2 aromatic rings. The molecule has 2 aliphatic heterocycles. The van der Waals surface area contributed by atoms with E-state index in [0.29, 0.717) is 39.6 Å². The van der Waals surface area contributed by atoms with Crippen LogP contribution in [0.15, 0.2) is 48.5 Å². The minimum absolute atomic E-state index is 0.00821. The fourth-order valence-corrected chi connectivity index (χ4v) is 6.15. The van der Waals surface area contributed by atoms with E-state index in [2.05, 4.69) is 48.5 Å². The summed E-state index contributed by atoms with van der Waals surface area (Å²) >= 11 is 0. The largest absolute Gasteiger partial charge is 0.379 e. The Morgan fingerprint density at radius 3 is 1.51 bits per heavy atom. The topological polar surface area (TPSA) is 55.4 Å². The van der Waals surface area contributed by atoms with Gasteiger partial charge >= 0.3 is 0 Å². The lowest BCUT2D eigenvalue weighted by Crippen LogP contribution is -2.28. The molecular formula is C31H42O6. The average molecular weight is 511 g/mol. The van der Waals surface area contributed by atoms with E-state index in [1.54, 1.807) is 0 Å². The van der Waals surface area contributed by atoms with E-state index in [1.807, 2.05) is 27.7 Å². The Morgan fingerprint density at radius 1 is 0.676 bits per heavy atom. The summed E-state index contributed by atoms with van der Waals surface area (Å²) in [6, 6.07) is 17.8. The second kappa shape index (κ2) is 11.1. The van der Waals surface area contributed by atoms with Crippen LogP contribution in [0, 0.1) is 0 Å². The number of hydrogen-bond donors (Lipinski definition) is 0. The predicted molar refractivity (Wildman–Crippen MR) is 143 cm³/mol. The van der Waals surface area contributed by atoms with Gasteiger partial charge in [-0.2, -0.15) is 0 Å². The van der Waals surface area contributed by atoms with Crippen molar-refractivity contribution in [2.75, 3.05) is 39.6 Å². The maximum Gasteiger partial charge on any atom is 0.163 e. The van der Waals surface area contributed by atoms with Crippen LogP contribution in [-0.2, 0) is 33.8 Å². The summed E-state index contributed by atoms with van der Waals surface area (Å²) in [5.41, 5.74) is 5.54. The lowest BCUT2D eigenvalue weighted by Gasteiger charge is -2.32. The molecule has 0 amide bonds. The first-order chi connectivity index (χ1) is 17.8. The molecule has 2 aromatic carbocycles. The summed E-state index contributed by atoms with van der Waals surface area (Å²) in [5, 5.41) is 0. The summed E-state index contributed by atoms with van der Waals surface area (Å²) in [4.78, 5) is 0. The third kappa shape index (κ3) is 6.11. The van der Waals surface area contributed by atoms with Crippen LogP contribution in [0.3, 0.4) is 0 Å². The van der Waals surface area contributed by atoms with Gasteiger partial charge in [-0.05, 0) is 75.6 Å². The van der Waals surface area contributed by atoms with Crippen molar-refractivity contribution >= 4 is 0 Å². The van der Waals surface area contributed by atoms with E-state index in [4.69, 9.17) is 28.4 Å². The highest BCUT2D eigenvalue weighted by Gasteiger charge is 2.42. The van der Waals surface area contributed by atoms with E-state index in [-0.39, 0.29) is 17.6 Å². The molecule has 0 spiro atoms. The van der Waals surface area contributed by atoms with Crippen LogP contribution in [0.1, 0.15) is 64.5 Å². The molecular weight excluding hydrogens is 468 g/mol. The molecule has 2 unspecified atom stereocenters. The molecule has 0 radical (unpaired) electrons. The lowest BCUT2D eigenvalue weighted by molar-refractivity contribution is -0.145. The third-order valence-electron chi connectivity index (χ3n) is 7.70. The first kappa shape index (κ1) is 26.8. The third-order valence-corrected chi connectivity index (χ3v) is 7.70. The van der Waals surface area contributed by atoms with Gasteiger partial charge in [0, 0.05) is 18.6 Å². The van der Waals surface area contributed by atoms with Crippen molar-refractivity contribution in [3.63, 3.8) is 0 Å². The molecule has 202 valence electrons. The minimum atomic E-state index is -0.509. The molecule has 2 saturated heterocycles. The molecule has 37 heavy (non-hydrogen) atoms. The average Bonchev–Trinajstić information content (AvgIpc) is 3.50. The van der Waals surface area contributed by atoms with Gasteiger partial charge in [0.1, 0.15) is 12.2 Å². The Morgan fingerprint density at radius 2 is 1.11 bits per heavy atom. The molecule has 0 aromatic heterocycles. The Kier molecular flexibility index (Phi) is 8.06. The van der Waals surface area contributed by atoms with Crippen molar-refractivity contribution < 1.29 is 28.4 Å². The zero-order valence-electron chi connectivity index (χ0n) is 22.8. The van der Waals surface area contributed by atoms with Gasteiger partial charge in [0.25, 0.3) is 0 Å². The van der Waals surface area contributed by atoms with Crippen molar-refractivity contribution in [1.82, 2.24) is 0 Å². The summed E-state index contributed by atoms with van der Waals surface area (Å²) in [7, 11) is 0. The quantitative estimate of drug-likeness (QED) is 0.334. The number of rotatable bonds is 12. The Bertz CT molecular complexity index is 964. The lowest BCUT2D eigenvalue weighted by atomic mass is 9.71.